The third kappa shape index (κ3) is 3.70. The second kappa shape index (κ2) is 6.24. The zero-order chi connectivity index (χ0) is 13.9. The van der Waals surface area contributed by atoms with Crippen molar-refractivity contribution < 1.29 is 8.42 Å². The maximum Gasteiger partial charge on any atom is 0.301 e. The van der Waals surface area contributed by atoms with Gasteiger partial charge in [-0.15, -0.1) is 0 Å². The summed E-state index contributed by atoms with van der Waals surface area (Å²) < 4.78 is 29.0. The largest absolute Gasteiger partial charge is 0.301 e. The first kappa shape index (κ1) is 14.8. The van der Waals surface area contributed by atoms with Crippen LogP contribution in [0.1, 0.15) is 25.3 Å². The van der Waals surface area contributed by atoms with E-state index in [1.54, 1.807) is 10.4 Å². The van der Waals surface area contributed by atoms with Gasteiger partial charge >= 0.3 is 10.2 Å². The van der Waals surface area contributed by atoms with Crippen LogP contribution in [0.15, 0.2) is 24.3 Å². The van der Waals surface area contributed by atoms with E-state index in [0.29, 0.717) is 30.0 Å². The summed E-state index contributed by atoms with van der Waals surface area (Å²) in [6.07, 6.45) is 2.03. The monoisotopic (exact) mass is 346 g/mol. The van der Waals surface area contributed by atoms with Crippen LogP contribution < -0.4 is 4.72 Å². The van der Waals surface area contributed by atoms with Crippen molar-refractivity contribution in [2.45, 2.75) is 25.1 Å². The van der Waals surface area contributed by atoms with Gasteiger partial charge in [-0.2, -0.15) is 12.7 Å². The molecule has 1 atom stereocenters. The van der Waals surface area contributed by atoms with Gasteiger partial charge in [0.2, 0.25) is 0 Å². The zero-order valence-corrected chi connectivity index (χ0v) is 13.4. The number of hydrogen-bond acceptors (Lipinski definition) is 2. The fourth-order valence-corrected chi connectivity index (χ4v) is 4.22. The Kier molecular flexibility index (Phi) is 4.86. The third-order valence-electron chi connectivity index (χ3n) is 3.36. The number of nitrogens with one attached hydrogen (secondary N) is 1. The number of piperidine rings is 1. The molecular formula is C13H19BrN2O2S. The van der Waals surface area contributed by atoms with Crippen LogP contribution in [-0.4, -0.2) is 25.8 Å². The van der Waals surface area contributed by atoms with Gasteiger partial charge in [-0.3, -0.25) is 4.72 Å². The summed E-state index contributed by atoms with van der Waals surface area (Å²) >= 11 is 3.37. The molecule has 1 unspecified atom stereocenters. The van der Waals surface area contributed by atoms with Crippen LogP contribution in [0.3, 0.4) is 0 Å². The predicted molar refractivity (Wildman–Crippen MR) is 81.6 cm³/mol. The molecular weight excluding hydrogens is 328 g/mol. The van der Waals surface area contributed by atoms with Crippen LogP contribution >= 0.6 is 15.9 Å². The molecule has 0 radical (unpaired) electrons. The van der Waals surface area contributed by atoms with E-state index in [1.807, 2.05) is 18.2 Å². The highest BCUT2D eigenvalue weighted by Crippen LogP contribution is 2.23. The SMILES string of the molecule is CC1CCCN(S(=O)(=O)Nc2ccccc2CBr)C1. The Labute approximate surface area is 123 Å². The van der Waals surface area contributed by atoms with Crippen molar-refractivity contribution in [3.8, 4) is 0 Å². The number of benzene rings is 1. The average Bonchev–Trinajstić information content (AvgIpc) is 2.39. The molecule has 0 aliphatic carbocycles. The molecule has 1 saturated heterocycles. The van der Waals surface area contributed by atoms with Gasteiger partial charge in [0.05, 0.1) is 5.69 Å². The lowest BCUT2D eigenvalue weighted by atomic mass is 10.0. The highest BCUT2D eigenvalue weighted by atomic mass is 79.9. The van der Waals surface area contributed by atoms with Crippen LogP contribution in [0.2, 0.25) is 0 Å². The minimum atomic E-state index is -3.44. The molecule has 1 N–H and O–H groups in total. The van der Waals surface area contributed by atoms with Gasteiger partial charge < -0.3 is 0 Å². The number of anilines is 1. The Hall–Kier alpha value is -0.590. The normalized spacial score (nSPS) is 21.3. The molecule has 0 bridgehead atoms. The van der Waals surface area contributed by atoms with E-state index < -0.39 is 10.2 Å². The topological polar surface area (TPSA) is 49.4 Å². The molecule has 106 valence electrons. The summed E-state index contributed by atoms with van der Waals surface area (Å²) in [5.41, 5.74) is 1.59. The summed E-state index contributed by atoms with van der Waals surface area (Å²) in [5.74, 6) is 0.428. The van der Waals surface area contributed by atoms with Crippen molar-refractivity contribution >= 4 is 31.8 Å². The van der Waals surface area contributed by atoms with Crippen LogP contribution in [0.4, 0.5) is 5.69 Å². The molecule has 1 aliphatic heterocycles. The quantitative estimate of drug-likeness (QED) is 0.852. The van der Waals surface area contributed by atoms with Gasteiger partial charge in [0.15, 0.2) is 0 Å². The zero-order valence-electron chi connectivity index (χ0n) is 11.0. The number of para-hydroxylation sites is 1. The Morgan fingerprint density at radius 1 is 1.42 bits per heavy atom. The molecule has 1 aromatic rings. The molecule has 1 fully saturated rings. The smallest absolute Gasteiger partial charge is 0.271 e. The first-order valence-electron chi connectivity index (χ1n) is 6.44. The van der Waals surface area contributed by atoms with Crippen LogP contribution in [0.25, 0.3) is 0 Å². The Bertz CT molecular complexity index is 533. The Morgan fingerprint density at radius 3 is 2.84 bits per heavy atom. The molecule has 0 saturated carbocycles. The lowest BCUT2D eigenvalue weighted by Gasteiger charge is -2.30. The van der Waals surface area contributed by atoms with Crippen molar-refractivity contribution in [3.05, 3.63) is 29.8 Å². The molecule has 0 aromatic heterocycles. The van der Waals surface area contributed by atoms with Crippen molar-refractivity contribution in [1.82, 2.24) is 4.31 Å². The first-order valence-corrected chi connectivity index (χ1v) is 9.01. The molecule has 1 aromatic carbocycles. The Balaban J connectivity index is 2.16. The van der Waals surface area contributed by atoms with E-state index in [4.69, 9.17) is 0 Å². The highest BCUT2D eigenvalue weighted by Gasteiger charge is 2.27. The molecule has 1 heterocycles. The summed E-state index contributed by atoms with van der Waals surface area (Å²) in [5, 5.41) is 0.627. The van der Waals surface area contributed by atoms with E-state index >= 15 is 0 Å². The van der Waals surface area contributed by atoms with Gasteiger partial charge in [0, 0.05) is 18.4 Å². The number of halogens is 1. The molecule has 2 rings (SSSR count). The van der Waals surface area contributed by atoms with E-state index in [0.717, 1.165) is 18.4 Å². The lowest BCUT2D eigenvalue weighted by molar-refractivity contribution is 0.282. The third-order valence-corrected chi connectivity index (χ3v) is 5.45. The van der Waals surface area contributed by atoms with E-state index in [9.17, 15) is 8.42 Å². The van der Waals surface area contributed by atoms with Crippen LogP contribution in [-0.2, 0) is 15.5 Å². The summed E-state index contributed by atoms with van der Waals surface area (Å²) in [7, 11) is -3.44. The second-order valence-electron chi connectivity index (χ2n) is 5.00. The van der Waals surface area contributed by atoms with Gasteiger partial charge in [0.1, 0.15) is 0 Å². The number of hydrogen-bond donors (Lipinski definition) is 1. The van der Waals surface area contributed by atoms with Gasteiger partial charge in [0.25, 0.3) is 0 Å². The summed E-state index contributed by atoms with van der Waals surface area (Å²) in [4.78, 5) is 0. The van der Waals surface area contributed by atoms with Gasteiger partial charge in [-0.1, -0.05) is 41.1 Å². The molecule has 0 spiro atoms. The maximum absolute atomic E-state index is 12.4. The highest BCUT2D eigenvalue weighted by molar-refractivity contribution is 9.08. The standard InChI is InChI=1S/C13H19BrN2O2S/c1-11-5-4-8-16(10-11)19(17,18)15-13-7-3-2-6-12(13)9-14/h2-3,6-7,11,15H,4-5,8-10H2,1H3. The van der Waals surface area contributed by atoms with Crippen molar-refractivity contribution in [2.24, 2.45) is 5.92 Å². The number of alkyl halides is 1. The minimum Gasteiger partial charge on any atom is -0.271 e. The molecule has 0 amide bonds. The minimum absolute atomic E-state index is 0.428. The van der Waals surface area contributed by atoms with E-state index in [-0.39, 0.29) is 0 Å². The van der Waals surface area contributed by atoms with Crippen LogP contribution in [0, 0.1) is 5.92 Å². The summed E-state index contributed by atoms with van der Waals surface area (Å²) in [6.45, 7) is 3.30. The lowest BCUT2D eigenvalue weighted by Crippen LogP contribution is -2.42. The first-order chi connectivity index (χ1) is 9.03. The summed E-state index contributed by atoms with van der Waals surface area (Å²) in [6, 6.07) is 7.44. The average molecular weight is 347 g/mol. The fourth-order valence-electron chi connectivity index (χ4n) is 2.30. The predicted octanol–water partition coefficient (Wildman–Crippen LogP) is 2.97. The van der Waals surface area contributed by atoms with Crippen molar-refractivity contribution in [1.29, 1.82) is 0 Å². The molecule has 1 aliphatic rings. The maximum atomic E-state index is 12.4. The van der Waals surface area contributed by atoms with Gasteiger partial charge in [-0.25, -0.2) is 0 Å². The fraction of sp³-hybridized carbons (Fsp3) is 0.538. The molecule has 6 heteroatoms. The second-order valence-corrected chi connectivity index (χ2v) is 7.23. The van der Waals surface area contributed by atoms with Gasteiger partial charge in [-0.05, 0) is 30.4 Å². The Morgan fingerprint density at radius 2 is 2.16 bits per heavy atom. The van der Waals surface area contributed by atoms with E-state index in [2.05, 4.69) is 27.6 Å². The van der Waals surface area contributed by atoms with Crippen molar-refractivity contribution in [2.75, 3.05) is 17.8 Å². The van der Waals surface area contributed by atoms with Crippen molar-refractivity contribution in [3.63, 3.8) is 0 Å². The number of nitrogens with zero attached hydrogens (tertiary/aromatic N) is 1. The van der Waals surface area contributed by atoms with Crippen LogP contribution in [0.5, 0.6) is 0 Å². The van der Waals surface area contributed by atoms with E-state index in [1.165, 1.54) is 0 Å². The number of rotatable bonds is 4. The molecule has 19 heavy (non-hydrogen) atoms. The molecule has 4 nitrogen and oxygen atoms in total.